The normalized spacial score (nSPS) is 13.6. The van der Waals surface area contributed by atoms with E-state index in [1.54, 1.807) is 29.2 Å². The molecule has 28 heavy (non-hydrogen) atoms. The molecule has 0 unspecified atom stereocenters. The first kappa shape index (κ1) is 21.9. The highest BCUT2D eigenvalue weighted by atomic mass is 35.5. The number of piperazine rings is 1. The molecule has 2 aromatic carbocycles. The van der Waals surface area contributed by atoms with Crippen LogP contribution in [0, 0.1) is 5.82 Å². The van der Waals surface area contributed by atoms with Crippen molar-refractivity contribution >= 4 is 41.7 Å². The van der Waals surface area contributed by atoms with Gasteiger partial charge in [0, 0.05) is 42.5 Å². The SMILES string of the molecule is Cl.O=C(O)c1ccc(CN(C(=O)N2CCNCC2)c2ccc(Cl)cc2)c(F)c1. The first-order valence-electron chi connectivity index (χ1n) is 8.50. The van der Waals surface area contributed by atoms with E-state index in [0.29, 0.717) is 36.9 Å². The summed E-state index contributed by atoms with van der Waals surface area (Å²) in [6, 6.07) is 10.2. The third kappa shape index (κ3) is 5.13. The third-order valence-corrected chi connectivity index (χ3v) is 4.64. The van der Waals surface area contributed by atoms with Gasteiger partial charge in [0.25, 0.3) is 0 Å². The topological polar surface area (TPSA) is 72.9 Å². The quantitative estimate of drug-likeness (QED) is 0.780. The number of rotatable bonds is 4. The number of nitrogens with one attached hydrogen (secondary N) is 1. The summed E-state index contributed by atoms with van der Waals surface area (Å²) in [5.41, 5.74) is 0.686. The molecule has 0 saturated carbocycles. The maximum atomic E-state index is 14.4. The molecule has 2 amide bonds. The standard InChI is InChI=1S/C19H19ClFN3O3.ClH/c20-15-3-5-16(6-4-15)24(19(27)23-9-7-22-8-10-23)12-14-2-1-13(18(25)26)11-17(14)21;/h1-6,11,22H,7-10,12H2,(H,25,26);1H. The minimum atomic E-state index is -1.20. The van der Waals surface area contributed by atoms with Gasteiger partial charge in [-0.3, -0.25) is 4.90 Å². The Kier molecular flexibility index (Phi) is 7.62. The van der Waals surface area contributed by atoms with E-state index in [0.717, 1.165) is 6.07 Å². The molecule has 0 bridgehead atoms. The number of carbonyl (C=O) groups is 2. The van der Waals surface area contributed by atoms with E-state index in [4.69, 9.17) is 16.7 Å². The van der Waals surface area contributed by atoms with Crippen LogP contribution in [0.2, 0.25) is 5.02 Å². The number of hydrogen-bond acceptors (Lipinski definition) is 3. The van der Waals surface area contributed by atoms with Crippen molar-refractivity contribution in [1.29, 1.82) is 0 Å². The Morgan fingerprint density at radius 2 is 1.79 bits per heavy atom. The Balaban J connectivity index is 0.00000280. The summed E-state index contributed by atoms with van der Waals surface area (Å²) >= 11 is 5.94. The molecule has 1 aliphatic heterocycles. The van der Waals surface area contributed by atoms with Crippen LogP contribution in [0.1, 0.15) is 15.9 Å². The molecule has 0 aliphatic carbocycles. The van der Waals surface area contributed by atoms with Gasteiger partial charge in [-0.1, -0.05) is 17.7 Å². The molecular weight excluding hydrogens is 408 g/mol. The van der Waals surface area contributed by atoms with Crippen molar-refractivity contribution in [1.82, 2.24) is 10.2 Å². The van der Waals surface area contributed by atoms with Crippen molar-refractivity contribution < 1.29 is 19.1 Å². The number of amides is 2. The molecule has 1 saturated heterocycles. The molecule has 3 rings (SSSR count). The minimum absolute atomic E-state index is 0. The molecule has 150 valence electrons. The first-order valence-corrected chi connectivity index (χ1v) is 8.88. The molecule has 1 heterocycles. The Bertz CT molecular complexity index is 843. The number of halogens is 3. The van der Waals surface area contributed by atoms with E-state index in [1.807, 2.05) is 0 Å². The van der Waals surface area contributed by atoms with E-state index >= 15 is 0 Å². The number of anilines is 1. The van der Waals surface area contributed by atoms with Crippen LogP contribution in [0.15, 0.2) is 42.5 Å². The van der Waals surface area contributed by atoms with Gasteiger partial charge in [0.2, 0.25) is 0 Å². The largest absolute Gasteiger partial charge is 0.478 e. The van der Waals surface area contributed by atoms with Gasteiger partial charge >= 0.3 is 12.0 Å². The van der Waals surface area contributed by atoms with Gasteiger partial charge in [-0.15, -0.1) is 12.4 Å². The van der Waals surface area contributed by atoms with Crippen LogP contribution in [0.4, 0.5) is 14.9 Å². The van der Waals surface area contributed by atoms with Crippen LogP contribution in [0.3, 0.4) is 0 Å². The lowest BCUT2D eigenvalue weighted by Crippen LogP contribution is -2.51. The van der Waals surface area contributed by atoms with Crippen LogP contribution < -0.4 is 10.2 Å². The highest BCUT2D eigenvalue weighted by Crippen LogP contribution is 2.23. The van der Waals surface area contributed by atoms with E-state index in [9.17, 15) is 14.0 Å². The summed E-state index contributed by atoms with van der Waals surface area (Å²) in [4.78, 5) is 27.2. The summed E-state index contributed by atoms with van der Waals surface area (Å²) in [5.74, 6) is -1.87. The van der Waals surface area contributed by atoms with Gasteiger partial charge in [-0.25, -0.2) is 14.0 Å². The lowest BCUT2D eigenvalue weighted by Gasteiger charge is -2.33. The Labute approximate surface area is 173 Å². The number of hydrogen-bond donors (Lipinski definition) is 2. The smallest absolute Gasteiger partial charge is 0.335 e. The third-order valence-electron chi connectivity index (χ3n) is 4.39. The summed E-state index contributed by atoms with van der Waals surface area (Å²) in [7, 11) is 0. The lowest BCUT2D eigenvalue weighted by molar-refractivity contribution is 0.0696. The molecule has 0 spiro atoms. The average molecular weight is 428 g/mol. The van der Waals surface area contributed by atoms with Crippen LogP contribution in [-0.2, 0) is 6.54 Å². The van der Waals surface area contributed by atoms with Crippen LogP contribution in [0.5, 0.6) is 0 Å². The van der Waals surface area contributed by atoms with Crippen molar-refractivity contribution in [3.63, 3.8) is 0 Å². The molecule has 0 atom stereocenters. The second kappa shape index (κ2) is 9.73. The number of urea groups is 1. The minimum Gasteiger partial charge on any atom is -0.478 e. The van der Waals surface area contributed by atoms with Gasteiger partial charge in [0.05, 0.1) is 12.1 Å². The van der Waals surface area contributed by atoms with Crippen LogP contribution in [0.25, 0.3) is 0 Å². The maximum Gasteiger partial charge on any atom is 0.335 e. The Morgan fingerprint density at radius 3 is 2.36 bits per heavy atom. The molecule has 6 nitrogen and oxygen atoms in total. The molecule has 1 fully saturated rings. The van der Waals surface area contributed by atoms with Crippen molar-refractivity contribution in [3.8, 4) is 0 Å². The number of benzene rings is 2. The van der Waals surface area contributed by atoms with Crippen molar-refractivity contribution in [2.75, 3.05) is 31.1 Å². The number of aromatic carboxylic acids is 1. The predicted molar refractivity (Wildman–Crippen MR) is 108 cm³/mol. The second-order valence-corrected chi connectivity index (χ2v) is 6.63. The highest BCUT2D eigenvalue weighted by Gasteiger charge is 2.25. The monoisotopic (exact) mass is 427 g/mol. The van der Waals surface area contributed by atoms with Gasteiger partial charge in [-0.05, 0) is 36.4 Å². The molecule has 9 heteroatoms. The second-order valence-electron chi connectivity index (χ2n) is 6.19. The van der Waals surface area contributed by atoms with Crippen LogP contribution in [-0.4, -0.2) is 48.2 Å². The molecule has 2 N–H and O–H groups in total. The fourth-order valence-corrected chi connectivity index (χ4v) is 3.02. The Hall–Kier alpha value is -2.35. The van der Waals surface area contributed by atoms with Gasteiger partial charge < -0.3 is 15.3 Å². The number of carboxylic acids is 1. The van der Waals surface area contributed by atoms with Gasteiger partial charge in [0.15, 0.2) is 0 Å². The summed E-state index contributed by atoms with van der Waals surface area (Å²) < 4.78 is 14.4. The summed E-state index contributed by atoms with van der Waals surface area (Å²) in [5, 5.41) is 12.7. The number of nitrogens with zero attached hydrogens (tertiary/aromatic N) is 2. The van der Waals surface area contributed by atoms with E-state index < -0.39 is 11.8 Å². The molecule has 0 aromatic heterocycles. The first-order chi connectivity index (χ1) is 13.0. The van der Waals surface area contributed by atoms with Crippen molar-refractivity contribution in [3.05, 3.63) is 64.4 Å². The zero-order valence-corrected chi connectivity index (χ0v) is 16.5. The zero-order chi connectivity index (χ0) is 19.4. The van der Waals surface area contributed by atoms with E-state index in [2.05, 4.69) is 5.32 Å². The molecular formula is C19H20Cl2FN3O3. The van der Waals surface area contributed by atoms with E-state index in [1.165, 1.54) is 17.0 Å². The average Bonchev–Trinajstić information content (AvgIpc) is 2.68. The fraction of sp³-hybridized carbons (Fsp3) is 0.263. The van der Waals surface area contributed by atoms with Gasteiger partial charge in [0.1, 0.15) is 5.82 Å². The predicted octanol–water partition coefficient (Wildman–Crippen LogP) is 3.63. The van der Waals surface area contributed by atoms with E-state index in [-0.39, 0.29) is 36.1 Å². The fourth-order valence-electron chi connectivity index (χ4n) is 2.90. The number of carbonyl (C=O) groups excluding carboxylic acids is 1. The van der Waals surface area contributed by atoms with Crippen molar-refractivity contribution in [2.45, 2.75) is 6.54 Å². The maximum absolute atomic E-state index is 14.4. The van der Waals surface area contributed by atoms with Crippen LogP contribution >= 0.6 is 24.0 Å². The number of carboxylic acid groups (broad SMARTS) is 1. The highest BCUT2D eigenvalue weighted by molar-refractivity contribution is 6.30. The zero-order valence-electron chi connectivity index (χ0n) is 14.9. The van der Waals surface area contributed by atoms with Gasteiger partial charge in [-0.2, -0.15) is 0 Å². The molecule has 2 aromatic rings. The van der Waals surface area contributed by atoms with Crippen molar-refractivity contribution in [2.24, 2.45) is 0 Å². The lowest BCUT2D eigenvalue weighted by atomic mass is 10.1. The summed E-state index contributed by atoms with van der Waals surface area (Å²) in [6.45, 7) is 2.49. The summed E-state index contributed by atoms with van der Waals surface area (Å²) in [6.07, 6.45) is 0. The Morgan fingerprint density at radius 1 is 1.14 bits per heavy atom. The molecule has 1 aliphatic rings. The molecule has 0 radical (unpaired) electrons.